The quantitative estimate of drug-likeness (QED) is 0.473. The minimum atomic E-state index is -0.671. The molecular formula is C30H34N2O6. The summed E-state index contributed by atoms with van der Waals surface area (Å²) in [7, 11) is 1.31. The Bertz CT molecular complexity index is 1440. The second-order valence-corrected chi connectivity index (χ2v) is 10.8. The second kappa shape index (κ2) is 10.6. The Hall–Kier alpha value is -3.65. The summed E-state index contributed by atoms with van der Waals surface area (Å²) in [4.78, 5) is 39.8. The van der Waals surface area contributed by atoms with E-state index in [0.29, 0.717) is 30.7 Å². The molecule has 0 spiro atoms. The lowest BCUT2D eigenvalue weighted by Crippen LogP contribution is -2.46. The molecule has 200 valence electrons. The molecule has 3 atom stereocenters. The van der Waals surface area contributed by atoms with E-state index in [9.17, 15) is 19.5 Å². The molecule has 8 heteroatoms. The molecule has 3 aromatic rings. The molecule has 4 heterocycles. The maximum Gasteiger partial charge on any atom is 0.306 e. The number of piperidine rings is 1. The van der Waals surface area contributed by atoms with E-state index in [0.717, 1.165) is 36.3 Å². The number of hydrogen-bond donors (Lipinski definition) is 1. The molecule has 0 unspecified atom stereocenters. The number of nitrogens with zero attached hydrogens (tertiary/aromatic N) is 2. The van der Waals surface area contributed by atoms with Gasteiger partial charge in [0.1, 0.15) is 5.76 Å². The number of carbonyl (C=O) groups excluding carboxylic acids is 1. The van der Waals surface area contributed by atoms with Gasteiger partial charge in [-0.25, -0.2) is 0 Å². The van der Waals surface area contributed by atoms with Crippen molar-refractivity contribution in [3.63, 3.8) is 0 Å². The van der Waals surface area contributed by atoms with Crippen molar-refractivity contribution in [3.05, 3.63) is 97.4 Å². The summed E-state index contributed by atoms with van der Waals surface area (Å²) in [6, 6.07) is 14.5. The van der Waals surface area contributed by atoms with E-state index in [1.165, 1.54) is 13.2 Å². The summed E-state index contributed by atoms with van der Waals surface area (Å²) in [5, 5.41) is 10.8. The number of pyridine rings is 1. The third-order valence-electron chi connectivity index (χ3n) is 7.86. The first-order chi connectivity index (χ1) is 18.2. The molecule has 0 radical (unpaired) electrons. The fourth-order valence-electron chi connectivity index (χ4n) is 5.94. The van der Waals surface area contributed by atoms with Gasteiger partial charge in [0.05, 0.1) is 26.0 Å². The summed E-state index contributed by atoms with van der Waals surface area (Å²) < 4.78 is 13.0. The Labute approximate surface area is 221 Å². The predicted octanol–water partition coefficient (Wildman–Crippen LogP) is 3.94. The highest BCUT2D eigenvalue weighted by molar-refractivity contribution is 5.71. The van der Waals surface area contributed by atoms with Crippen molar-refractivity contribution in [2.24, 2.45) is 5.92 Å². The number of rotatable bonds is 7. The van der Waals surface area contributed by atoms with Crippen molar-refractivity contribution in [1.29, 1.82) is 0 Å². The number of aromatic nitrogens is 1. The molecule has 1 fully saturated rings. The Morgan fingerprint density at radius 2 is 1.82 bits per heavy atom. The first kappa shape index (κ1) is 26.0. The number of esters is 1. The standard InChI is InChI=1S/C30H34N2O6/c1-18(2)20-7-9-21(10-8-20)24(13-28(35)37-3)30-29(36)26(33)12-23(38-30)17-31-14-19-11-22(16-31)25-5-4-6-27(34)32(25)15-19/h4-10,12,18-19,22,24,36H,11,13-17H2,1-3H3/t19-,22+,24-/m0/s1. The van der Waals surface area contributed by atoms with Crippen molar-refractivity contribution in [2.75, 3.05) is 20.2 Å². The van der Waals surface area contributed by atoms with Gasteiger partial charge >= 0.3 is 5.97 Å². The van der Waals surface area contributed by atoms with Gasteiger partial charge in [-0.05, 0) is 35.4 Å². The average molecular weight is 519 g/mol. The number of ether oxygens (including phenoxy) is 1. The number of likely N-dealkylation sites (tertiary alicyclic amines) is 1. The van der Waals surface area contributed by atoms with Gasteiger partial charge in [0.2, 0.25) is 11.2 Å². The zero-order valence-corrected chi connectivity index (χ0v) is 22.1. The molecule has 5 rings (SSSR count). The summed E-state index contributed by atoms with van der Waals surface area (Å²) in [6.07, 6.45) is 0.954. The van der Waals surface area contributed by atoms with E-state index >= 15 is 0 Å². The molecule has 8 nitrogen and oxygen atoms in total. The van der Waals surface area contributed by atoms with Crippen molar-refractivity contribution in [3.8, 4) is 5.75 Å². The number of methoxy groups -OCH3 is 1. The average Bonchev–Trinajstić information content (AvgIpc) is 2.90. The van der Waals surface area contributed by atoms with Crippen LogP contribution in [0.5, 0.6) is 5.75 Å². The minimum Gasteiger partial charge on any atom is -0.502 e. The van der Waals surface area contributed by atoms with Gasteiger partial charge in [-0.1, -0.05) is 44.2 Å². The minimum absolute atomic E-state index is 0.0397. The van der Waals surface area contributed by atoms with Crippen LogP contribution in [0.2, 0.25) is 0 Å². The van der Waals surface area contributed by atoms with Crippen LogP contribution in [-0.2, 0) is 22.6 Å². The Morgan fingerprint density at radius 1 is 1.08 bits per heavy atom. The van der Waals surface area contributed by atoms with Crippen LogP contribution in [0.4, 0.5) is 0 Å². The van der Waals surface area contributed by atoms with Gasteiger partial charge in [0.25, 0.3) is 5.56 Å². The topological polar surface area (TPSA) is 102 Å². The zero-order valence-electron chi connectivity index (χ0n) is 22.1. The molecule has 2 aliphatic heterocycles. The Kier molecular flexibility index (Phi) is 7.25. The highest BCUT2D eigenvalue weighted by Crippen LogP contribution is 2.37. The highest BCUT2D eigenvalue weighted by Gasteiger charge is 2.35. The van der Waals surface area contributed by atoms with Gasteiger partial charge in [-0.15, -0.1) is 0 Å². The molecule has 2 aromatic heterocycles. The zero-order chi connectivity index (χ0) is 27.0. The van der Waals surface area contributed by atoms with E-state index in [1.807, 2.05) is 41.0 Å². The molecule has 2 aliphatic rings. The van der Waals surface area contributed by atoms with E-state index in [4.69, 9.17) is 9.15 Å². The number of fused-ring (bicyclic) bond motifs is 4. The lowest BCUT2D eigenvalue weighted by atomic mass is 9.83. The van der Waals surface area contributed by atoms with Gasteiger partial charge in [-0.2, -0.15) is 0 Å². The first-order valence-corrected chi connectivity index (χ1v) is 13.2. The summed E-state index contributed by atoms with van der Waals surface area (Å²) in [6.45, 7) is 6.79. The summed E-state index contributed by atoms with van der Waals surface area (Å²) in [5.41, 5.74) is 2.45. The van der Waals surface area contributed by atoms with Crippen molar-refractivity contribution < 1.29 is 19.1 Å². The van der Waals surface area contributed by atoms with Crippen molar-refractivity contribution in [1.82, 2.24) is 9.47 Å². The monoisotopic (exact) mass is 518 g/mol. The predicted molar refractivity (Wildman–Crippen MR) is 142 cm³/mol. The third-order valence-corrected chi connectivity index (χ3v) is 7.86. The maximum absolute atomic E-state index is 12.9. The van der Waals surface area contributed by atoms with Gasteiger partial charge in [0, 0.05) is 43.4 Å². The van der Waals surface area contributed by atoms with Crippen LogP contribution in [0.15, 0.2) is 62.5 Å². The third kappa shape index (κ3) is 5.18. The Morgan fingerprint density at radius 3 is 2.53 bits per heavy atom. The normalized spacial score (nSPS) is 19.7. The first-order valence-electron chi connectivity index (χ1n) is 13.2. The van der Waals surface area contributed by atoms with Gasteiger partial charge in [-0.3, -0.25) is 19.3 Å². The number of benzene rings is 1. The van der Waals surface area contributed by atoms with Crippen molar-refractivity contribution in [2.45, 2.75) is 57.5 Å². The summed E-state index contributed by atoms with van der Waals surface area (Å²) in [5.74, 6) is -0.218. The van der Waals surface area contributed by atoms with E-state index < -0.39 is 23.1 Å². The number of carbonyl (C=O) groups is 1. The van der Waals surface area contributed by atoms with Crippen LogP contribution >= 0.6 is 0 Å². The van der Waals surface area contributed by atoms with Gasteiger partial charge in [0.15, 0.2) is 5.76 Å². The molecule has 1 saturated heterocycles. The van der Waals surface area contributed by atoms with E-state index in [-0.39, 0.29) is 23.7 Å². The van der Waals surface area contributed by atoms with E-state index in [2.05, 4.69) is 18.7 Å². The number of hydrogen-bond acceptors (Lipinski definition) is 7. The molecule has 1 aromatic carbocycles. The lowest BCUT2D eigenvalue weighted by Gasteiger charge is -2.42. The molecule has 2 bridgehead atoms. The molecule has 0 amide bonds. The molecule has 1 N–H and O–H groups in total. The Balaban J connectivity index is 1.44. The fraction of sp³-hybridized carbons (Fsp3) is 0.433. The fourth-order valence-corrected chi connectivity index (χ4v) is 5.94. The van der Waals surface area contributed by atoms with Crippen LogP contribution in [0.1, 0.15) is 72.8 Å². The van der Waals surface area contributed by atoms with Crippen LogP contribution in [0.3, 0.4) is 0 Å². The van der Waals surface area contributed by atoms with Crippen LogP contribution in [0, 0.1) is 5.92 Å². The second-order valence-electron chi connectivity index (χ2n) is 10.8. The van der Waals surface area contributed by atoms with Crippen molar-refractivity contribution >= 4 is 5.97 Å². The summed E-state index contributed by atoms with van der Waals surface area (Å²) >= 11 is 0. The molecule has 0 saturated carbocycles. The number of aromatic hydroxyl groups is 1. The molecule has 0 aliphatic carbocycles. The lowest BCUT2D eigenvalue weighted by molar-refractivity contribution is -0.140. The smallest absolute Gasteiger partial charge is 0.306 e. The molecule has 38 heavy (non-hydrogen) atoms. The van der Waals surface area contributed by atoms with Crippen LogP contribution in [-0.4, -0.2) is 40.7 Å². The van der Waals surface area contributed by atoms with Crippen LogP contribution < -0.4 is 11.0 Å². The SMILES string of the molecule is COC(=O)C[C@@H](c1ccc(C(C)C)cc1)c1oc(CN2C[C@@H]3C[C@H](C2)c2cccc(=O)n2C3)cc(=O)c1O. The maximum atomic E-state index is 12.9. The largest absolute Gasteiger partial charge is 0.502 e. The van der Waals surface area contributed by atoms with Crippen LogP contribution in [0.25, 0.3) is 0 Å². The van der Waals surface area contributed by atoms with E-state index in [1.54, 1.807) is 6.07 Å². The highest BCUT2D eigenvalue weighted by atomic mass is 16.5. The van der Waals surface area contributed by atoms with Gasteiger partial charge < -0.3 is 18.8 Å². The molecular weight excluding hydrogens is 484 g/mol.